The van der Waals surface area contributed by atoms with Gasteiger partial charge in [-0.2, -0.15) is 0 Å². The summed E-state index contributed by atoms with van der Waals surface area (Å²) < 4.78 is 44.9. The molecular formula is C15H10F3NO2. The average Bonchev–Trinajstić information content (AvgIpc) is 2.92. The minimum atomic E-state index is -1.62. The van der Waals surface area contributed by atoms with E-state index >= 15 is 0 Å². The molecule has 108 valence electrons. The monoisotopic (exact) mass is 293 g/mol. The summed E-state index contributed by atoms with van der Waals surface area (Å²) in [6.45, 7) is 0. The van der Waals surface area contributed by atoms with E-state index in [0.717, 1.165) is 17.7 Å². The fraction of sp³-hybridized carbons (Fsp3) is 0.133. The Morgan fingerprint density at radius 3 is 2.62 bits per heavy atom. The molecule has 2 aromatic rings. The molecule has 1 heterocycles. The zero-order chi connectivity index (χ0) is 15.0. The van der Waals surface area contributed by atoms with Gasteiger partial charge in [-0.3, -0.25) is 4.79 Å². The van der Waals surface area contributed by atoms with E-state index in [9.17, 15) is 18.0 Å². The predicted molar refractivity (Wildman–Crippen MR) is 69.5 cm³/mol. The van der Waals surface area contributed by atoms with Gasteiger partial charge < -0.3 is 10.1 Å². The van der Waals surface area contributed by atoms with Gasteiger partial charge in [0.25, 0.3) is 5.91 Å². The number of carbonyl (C=O) groups excluding carboxylic acids is 1. The Morgan fingerprint density at radius 1 is 1.10 bits per heavy atom. The van der Waals surface area contributed by atoms with Gasteiger partial charge in [0.2, 0.25) is 0 Å². The highest BCUT2D eigenvalue weighted by atomic mass is 19.2. The molecule has 3 nitrogen and oxygen atoms in total. The number of ether oxygens (including phenoxy) is 1. The Bertz CT molecular complexity index is 693. The molecule has 0 saturated carbocycles. The first-order valence-corrected chi connectivity index (χ1v) is 6.25. The van der Waals surface area contributed by atoms with E-state index in [2.05, 4.69) is 5.32 Å². The number of carbonyl (C=O) groups is 1. The van der Waals surface area contributed by atoms with Crippen molar-refractivity contribution >= 4 is 11.6 Å². The number of amides is 1. The van der Waals surface area contributed by atoms with Crippen molar-refractivity contribution < 1.29 is 22.7 Å². The van der Waals surface area contributed by atoms with Crippen molar-refractivity contribution in [1.29, 1.82) is 0 Å². The molecule has 0 spiro atoms. The third kappa shape index (κ3) is 2.44. The molecule has 2 aromatic carbocycles. The van der Waals surface area contributed by atoms with Crippen LogP contribution in [0.4, 0.5) is 18.9 Å². The topological polar surface area (TPSA) is 38.3 Å². The summed E-state index contributed by atoms with van der Waals surface area (Å²) in [4.78, 5) is 12.0. The SMILES string of the molecule is O=C(Nc1ccc(F)c(F)c1F)[C@H]1Cc2ccccc2O1. The van der Waals surface area contributed by atoms with Crippen LogP contribution < -0.4 is 10.1 Å². The fourth-order valence-electron chi connectivity index (χ4n) is 2.16. The van der Waals surface area contributed by atoms with Crippen LogP contribution in [0.25, 0.3) is 0 Å². The first-order chi connectivity index (χ1) is 10.1. The molecule has 1 amide bonds. The molecule has 3 rings (SSSR count). The van der Waals surface area contributed by atoms with Gasteiger partial charge in [0, 0.05) is 6.42 Å². The normalized spacial score (nSPS) is 16.2. The van der Waals surface area contributed by atoms with Crippen LogP contribution in [0, 0.1) is 17.5 Å². The molecule has 1 atom stereocenters. The second-order valence-electron chi connectivity index (χ2n) is 4.63. The first-order valence-electron chi connectivity index (χ1n) is 6.25. The van der Waals surface area contributed by atoms with Gasteiger partial charge in [0.05, 0.1) is 5.69 Å². The van der Waals surface area contributed by atoms with Gasteiger partial charge in [-0.05, 0) is 23.8 Å². The highest BCUT2D eigenvalue weighted by Crippen LogP contribution is 2.29. The summed E-state index contributed by atoms with van der Waals surface area (Å²) in [5, 5.41) is 2.21. The maximum Gasteiger partial charge on any atom is 0.265 e. The molecule has 0 aliphatic carbocycles. The molecule has 0 fully saturated rings. The quantitative estimate of drug-likeness (QED) is 0.864. The van der Waals surface area contributed by atoms with Crippen LogP contribution in [0.3, 0.4) is 0 Å². The minimum absolute atomic E-state index is 0.341. The van der Waals surface area contributed by atoms with Gasteiger partial charge in [0.1, 0.15) is 5.75 Å². The average molecular weight is 293 g/mol. The van der Waals surface area contributed by atoms with Crippen LogP contribution in [0.1, 0.15) is 5.56 Å². The van der Waals surface area contributed by atoms with Crippen molar-refractivity contribution in [1.82, 2.24) is 0 Å². The highest BCUT2D eigenvalue weighted by molar-refractivity contribution is 5.95. The number of fused-ring (bicyclic) bond motifs is 1. The molecule has 0 bridgehead atoms. The number of benzene rings is 2. The molecule has 6 heteroatoms. The van der Waals surface area contributed by atoms with E-state index in [0.29, 0.717) is 12.2 Å². The van der Waals surface area contributed by atoms with E-state index in [1.165, 1.54) is 0 Å². The van der Waals surface area contributed by atoms with Crippen molar-refractivity contribution in [3.8, 4) is 5.75 Å². The summed E-state index contributed by atoms with van der Waals surface area (Å²) >= 11 is 0. The number of hydrogen-bond acceptors (Lipinski definition) is 2. The Labute approximate surface area is 118 Å². The second kappa shape index (κ2) is 5.12. The summed E-state index contributed by atoms with van der Waals surface area (Å²) in [6, 6.07) is 8.85. The van der Waals surface area contributed by atoms with Crippen molar-refractivity contribution in [2.24, 2.45) is 0 Å². The number of halogens is 3. The Morgan fingerprint density at radius 2 is 1.86 bits per heavy atom. The number of para-hydroxylation sites is 1. The van der Waals surface area contributed by atoms with Crippen LogP contribution in [-0.2, 0) is 11.2 Å². The lowest BCUT2D eigenvalue weighted by Crippen LogP contribution is -2.31. The molecule has 0 aromatic heterocycles. The molecule has 1 N–H and O–H groups in total. The van der Waals surface area contributed by atoms with E-state index < -0.39 is 35.2 Å². The number of hydrogen-bond donors (Lipinski definition) is 1. The zero-order valence-corrected chi connectivity index (χ0v) is 10.7. The Kier molecular flexibility index (Phi) is 3.29. The number of rotatable bonds is 2. The second-order valence-corrected chi connectivity index (χ2v) is 4.63. The van der Waals surface area contributed by atoms with Crippen molar-refractivity contribution in [3.05, 3.63) is 59.4 Å². The summed E-state index contributed by atoms with van der Waals surface area (Å²) in [7, 11) is 0. The van der Waals surface area contributed by atoms with Gasteiger partial charge >= 0.3 is 0 Å². The largest absolute Gasteiger partial charge is 0.480 e. The summed E-state index contributed by atoms with van der Waals surface area (Å²) in [5.74, 6) is -4.39. The minimum Gasteiger partial charge on any atom is -0.480 e. The Balaban J connectivity index is 1.76. The standard InChI is InChI=1S/C15H10F3NO2/c16-9-5-6-10(14(18)13(9)17)19-15(20)12-7-8-3-1-2-4-11(8)21-12/h1-6,12H,7H2,(H,19,20)/t12-/m1/s1. The van der Waals surface area contributed by atoms with Crippen LogP contribution in [0.15, 0.2) is 36.4 Å². The lowest BCUT2D eigenvalue weighted by atomic mass is 10.1. The van der Waals surface area contributed by atoms with Crippen molar-refractivity contribution in [2.75, 3.05) is 5.32 Å². The third-order valence-corrected chi connectivity index (χ3v) is 3.23. The lowest BCUT2D eigenvalue weighted by Gasteiger charge is -2.12. The summed E-state index contributed by atoms with van der Waals surface area (Å²) in [6.07, 6.45) is -0.484. The molecule has 21 heavy (non-hydrogen) atoms. The number of anilines is 1. The zero-order valence-electron chi connectivity index (χ0n) is 10.7. The molecule has 0 saturated heterocycles. The fourth-order valence-corrected chi connectivity index (χ4v) is 2.16. The van der Waals surface area contributed by atoms with Gasteiger partial charge in [0.15, 0.2) is 23.6 Å². The van der Waals surface area contributed by atoms with Crippen LogP contribution in [0.5, 0.6) is 5.75 Å². The van der Waals surface area contributed by atoms with E-state index in [1.807, 2.05) is 12.1 Å². The molecule has 1 aliphatic heterocycles. The molecule has 1 aliphatic rings. The molecule has 0 unspecified atom stereocenters. The summed E-state index contributed by atoms with van der Waals surface area (Å²) in [5.41, 5.74) is 0.446. The van der Waals surface area contributed by atoms with E-state index in [-0.39, 0.29) is 0 Å². The van der Waals surface area contributed by atoms with E-state index in [1.54, 1.807) is 12.1 Å². The van der Waals surface area contributed by atoms with Gasteiger partial charge in [-0.25, -0.2) is 13.2 Å². The lowest BCUT2D eigenvalue weighted by molar-refractivity contribution is -0.122. The maximum atomic E-state index is 13.5. The van der Waals surface area contributed by atoms with Crippen molar-refractivity contribution in [2.45, 2.75) is 12.5 Å². The van der Waals surface area contributed by atoms with Gasteiger partial charge in [-0.15, -0.1) is 0 Å². The third-order valence-electron chi connectivity index (χ3n) is 3.23. The van der Waals surface area contributed by atoms with Crippen LogP contribution >= 0.6 is 0 Å². The van der Waals surface area contributed by atoms with E-state index in [4.69, 9.17) is 4.74 Å². The highest BCUT2D eigenvalue weighted by Gasteiger charge is 2.29. The maximum absolute atomic E-state index is 13.5. The molecule has 0 radical (unpaired) electrons. The molecular weight excluding hydrogens is 283 g/mol. The predicted octanol–water partition coefficient (Wildman–Crippen LogP) is 3.05. The van der Waals surface area contributed by atoms with Gasteiger partial charge in [-0.1, -0.05) is 18.2 Å². The Hall–Kier alpha value is -2.50. The van der Waals surface area contributed by atoms with Crippen LogP contribution in [-0.4, -0.2) is 12.0 Å². The smallest absolute Gasteiger partial charge is 0.265 e. The van der Waals surface area contributed by atoms with Crippen molar-refractivity contribution in [3.63, 3.8) is 0 Å². The first kappa shape index (κ1) is 13.5. The van der Waals surface area contributed by atoms with Crippen LogP contribution in [0.2, 0.25) is 0 Å². The number of nitrogens with one attached hydrogen (secondary N) is 1.